The van der Waals surface area contributed by atoms with Crippen molar-refractivity contribution in [2.45, 2.75) is 33.2 Å². The van der Waals surface area contributed by atoms with Gasteiger partial charge in [0.15, 0.2) is 0 Å². The molecule has 33 heavy (non-hydrogen) atoms. The van der Waals surface area contributed by atoms with Crippen LogP contribution in [-0.2, 0) is 16.6 Å². The maximum absolute atomic E-state index is 13.1. The topological polar surface area (TPSA) is 92.7 Å². The molecule has 2 heterocycles. The first kappa shape index (κ1) is 25.0. The van der Waals surface area contributed by atoms with Crippen LogP contribution in [0.3, 0.4) is 0 Å². The lowest BCUT2D eigenvalue weighted by Gasteiger charge is -2.35. The second-order valence-corrected chi connectivity index (χ2v) is 9.45. The molecular weight excluding hydrogens is 444 g/mol. The van der Waals surface area contributed by atoms with Crippen molar-refractivity contribution in [3.05, 3.63) is 51.8 Å². The second kappa shape index (κ2) is 10.1. The number of hydrogen-bond acceptors (Lipinski definition) is 5. The van der Waals surface area contributed by atoms with E-state index in [1.54, 1.807) is 49.7 Å². The number of carbonyl (C=O) groups is 3. The second-order valence-electron chi connectivity index (χ2n) is 9.01. The van der Waals surface area contributed by atoms with Gasteiger partial charge in [0.05, 0.1) is 24.5 Å². The third kappa shape index (κ3) is 5.82. The number of rotatable bonds is 7. The molecule has 0 bridgehead atoms. The number of ketones is 1. The minimum Gasteiger partial charge on any atom is -0.379 e. The van der Waals surface area contributed by atoms with Crippen LogP contribution in [0, 0.1) is 13.8 Å². The molecule has 9 heteroatoms. The number of benzene rings is 1. The summed E-state index contributed by atoms with van der Waals surface area (Å²) in [6.07, 6.45) is 0. The molecule has 178 valence electrons. The number of nitrogens with zero attached hydrogens (tertiary/aromatic N) is 2. The quantitative estimate of drug-likeness (QED) is 0.475. The largest absolute Gasteiger partial charge is 0.379 e. The number of aromatic nitrogens is 1. The number of morpholine rings is 1. The van der Waals surface area contributed by atoms with E-state index < -0.39 is 17.2 Å². The molecule has 0 spiro atoms. The maximum Gasteiger partial charge on any atom is 0.294 e. The van der Waals surface area contributed by atoms with Crippen LogP contribution in [-0.4, -0.2) is 65.5 Å². The Balaban J connectivity index is 1.77. The summed E-state index contributed by atoms with van der Waals surface area (Å²) < 4.78 is 6.97. The van der Waals surface area contributed by atoms with Crippen LogP contribution < -0.4 is 10.6 Å². The van der Waals surface area contributed by atoms with Crippen LogP contribution in [0.25, 0.3) is 0 Å². The average molecular weight is 475 g/mol. The third-order valence-electron chi connectivity index (χ3n) is 5.84. The predicted molar refractivity (Wildman–Crippen MR) is 128 cm³/mol. The standard InChI is InChI=1S/C24H31ClN4O4/c1-15-19(22(31)26-18-8-6-7-17(25)13-18)16(2)28(5)20(15)21(30)23(32)27-24(3,4)14-29-9-11-33-12-10-29/h6-8,13H,9-12,14H2,1-5H3,(H,26,31)(H,27,32). The van der Waals surface area contributed by atoms with Crippen molar-refractivity contribution in [3.63, 3.8) is 0 Å². The summed E-state index contributed by atoms with van der Waals surface area (Å²) in [6.45, 7) is 10.7. The summed E-state index contributed by atoms with van der Waals surface area (Å²) in [4.78, 5) is 41.2. The predicted octanol–water partition coefficient (Wildman–Crippen LogP) is 2.96. The van der Waals surface area contributed by atoms with E-state index in [1.807, 2.05) is 13.8 Å². The van der Waals surface area contributed by atoms with E-state index in [0.717, 1.165) is 13.1 Å². The van der Waals surface area contributed by atoms with Crippen molar-refractivity contribution < 1.29 is 19.1 Å². The molecule has 1 aliphatic heterocycles. The van der Waals surface area contributed by atoms with Gasteiger partial charge in [-0.05, 0) is 51.5 Å². The first-order valence-electron chi connectivity index (χ1n) is 10.9. The Hall–Kier alpha value is -2.68. The molecule has 1 aromatic carbocycles. The van der Waals surface area contributed by atoms with E-state index in [0.29, 0.717) is 47.3 Å². The molecule has 2 N–H and O–H groups in total. The summed E-state index contributed by atoms with van der Waals surface area (Å²) in [6, 6.07) is 6.82. The first-order chi connectivity index (χ1) is 15.5. The molecule has 1 saturated heterocycles. The van der Waals surface area contributed by atoms with Crippen molar-refractivity contribution in [1.82, 2.24) is 14.8 Å². The number of anilines is 1. The zero-order valence-corrected chi connectivity index (χ0v) is 20.5. The molecule has 3 rings (SSSR count). The van der Waals surface area contributed by atoms with Gasteiger partial charge in [-0.25, -0.2) is 0 Å². The van der Waals surface area contributed by atoms with Crippen LogP contribution in [0.4, 0.5) is 5.69 Å². The summed E-state index contributed by atoms with van der Waals surface area (Å²) >= 11 is 6.00. The highest BCUT2D eigenvalue weighted by Crippen LogP contribution is 2.24. The van der Waals surface area contributed by atoms with Gasteiger partial charge >= 0.3 is 0 Å². The highest BCUT2D eigenvalue weighted by atomic mass is 35.5. The number of Topliss-reactive ketones (excluding diaryl/α,β-unsaturated/α-hetero) is 1. The lowest BCUT2D eigenvalue weighted by molar-refractivity contribution is -0.118. The van der Waals surface area contributed by atoms with Gasteiger partial charge in [0.25, 0.3) is 17.6 Å². The van der Waals surface area contributed by atoms with Gasteiger partial charge in [0.1, 0.15) is 0 Å². The minimum absolute atomic E-state index is 0.198. The van der Waals surface area contributed by atoms with Gasteiger partial charge in [-0.2, -0.15) is 0 Å². The highest BCUT2D eigenvalue weighted by Gasteiger charge is 2.32. The molecule has 0 unspecified atom stereocenters. The molecule has 8 nitrogen and oxygen atoms in total. The summed E-state index contributed by atoms with van der Waals surface area (Å²) in [5, 5.41) is 6.17. The minimum atomic E-state index is -0.696. The van der Waals surface area contributed by atoms with E-state index in [2.05, 4.69) is 15.5 Å². The molecule has 0 saturated carbocycles. The lowest BCUT2D eigenvalue weighted by atomic mass is 10.0. The fourth-order valence-corrected chi connectivity index (χ4v) is 4.41. The smallest absolute Gasteiger partial charge is 0.294 e. The summed E-state index contributed by atoms with van der Waals surface area (Å²) in [7, 11) is 1.68. The van der Waals surface area contributed by atoms with E-state index in [4.69, 9.17) is 16.3 Å². The summed E-state index contributed by atoms with van der Waals surface area (Å²) in [5.41, 5.74) is 1.55. The van der Waals surface area contributed by atoms with Crippen molar-refractivity contribution in [2.24, 2.45) is 7.05 Å². The van der Waals surface area contributed by atoms with Crippen molar-refractivity contribution in [1.29, 1.82) is 0 Å². The molecule has 1 fully saturated rings. The Kier molecular flexibility index (Phi) is 7.62. The van der Waals surface area contributed by atoms with Crippen molar-refractivity contribution in [2.75, 3.05) is 38.2 Å². The van der Waals surface area contributed by atoms with Gasteiger partial charge in [-0.3, -0.25) is 19.3 Å². The monoisotopic (exact) mass is 474 g/mol. The maximum atomic E-state index is 13.1. The fraction of sp³-hybridized carbons (Fsp3) is 0.458. The van der Waals surface area contributed by atoms with Gasteiger partial charge in [0.2, 0.25) is 0 Å². The Morgan fingerprint density at radius 3 is 2.45 bits per heavy atom. The fourth-order valence-electron chi connectivity index (χ4n) is 4.22. The van der Waals surface area contributed by atoms with Crippen LogP contribution in [0.5, 0.6) is 0 Å². The Morgan fingerprint density at radius 1 is 1.15 bits per heavy atom. The molecule has 0 atom stereocenters. The number of ether oxygens (including phenoxy) is 1. The Morgan fingerprint density at radius 2 is 1.82 bits per heavy atom. The van der Waals surface area contributed by atoms with Gasteiger partial charge in [0, 0.05) is 48.6 Å². The van der Waals surface area contributed by atoms with Crippen LogP contribution in [0.2, 0.25) is 5.02 Å². The zero-order chi connectivity index (χ0) is 24.3. The SMILES string of the molecule is Cc1c(C(=O)Nc2cccc(Cl)c2)c(C)n(C)c1C(=O)C(=O)NC(C)(C)CN1CCOCC1. The number of amides is 2. The Bertz CT molecular complexity index is 1070. The van der Waals surface area contributed by atoms with E-state index in [-0.39, 0.29) is 11.6 Å². The average Bonchev–Trinajstić information content (AvgIpc) is 2.95. The van der Waals surface area contributed by atoms with Crippen LogP contribution >= 0.6 is 11.6 Å². The van der Waals surface area contributed by atoms with Crippen LogP contribution in [0.15, 0.2) is 24.3 Å². The summed E-state index contributed by atoms with van der Waals surface area (Å²) in [5.74, 6) is -1.73. The molecule has 0 aliphatic carbocycles. The van der Waals surface area contributed by atoms with Crippen molar-refractivity contribution >= 4 is 34.9 Å². The molecular formula is C24H31ClN4O4. The molecule has 1 aliphatic rings. The highest BCUT2D eigenvalue weighted by molar-refractivity contribution is 6.43. The van der Waals surface area contributed by atoms with E-state index >= 15 is 0 Å². The lowest BCUT2D eigenvalue weighted by Crippen LogP contribution is -2.55. The number of carbonyl (C=O) groups excluding carboxylic acids is 3. The number of halogens is 1. The number of hydrogen-bond donors (Lipinski definition) is 2. The third-order valence-corrected chi connectivity index (χ3v) is 6.07. The molecule has 2 aromatic rings. The Labute approximate surface area is 199 Å². The van der Waals surface area contributed by atoms with Crippen LogP contribution in [0.1, 0.15) is 46.0 Å². The molecule has 1 aromatic heterocycles. The van der Waals surface area contributed by atoms with E-state index in [1.165, 1.54) is 0 Å². The van der Waals surface area contributed by atoms with E-state index in [9.17, 15) is 14.4 Å². The van der Waals surface area contributed by atoms with Crippen molar-refractivity contribution in [3.8, 4) is 0 Å². The van der Waals surface area contributed by atoms with Gasteiger partial charge in [-0.15, -0.1) is 0 Å². The number of nitrogens with one attached hydrogen (secondary N) is 2. The zero-order valence-electron chi connectivity index (χ0n) is 19.8. The first-order valence-corrected chi connectivity index (χ1v) is 11.3. The van der Waals surface area contributed by atoms with Gasteiger partial charge < -0.3 is 19.9 Å². The molecule has 0 radical (unpaired) electrons. The van der Waals surface area contributed by atoms with Gasteiger partial charge in [-0.1, -0.05) is 17.7 Å². The normalized spacial score (nSPS) is 14.7. The molecule has 2 amide bonds.